The average molecular weight is 254 g/mol. The van der Waals surface area contributed by atoms with Crippen molar-refractivity contribution in [2.24, 2.45) is 0 Å². The van der Waals surface area contributed by atoms with E-state index in [1.807, 2.05) is 43.1 Å². The van der Waals surface area contributed by atoms with Crippen molar-refractivity contribution in [1.82, 2.24) is 15.0 Å². The maximum absolute atomic E-state index is 8.58. The topological polar surface area (TPSA) is 77.7 Å². The summed E-state index contributed by atoms with van der Waals surface area (Å²) in [5.74, 6) is 2.06. The van der Waals surface area contributed by atoms with Crippen LogP contribution in [-0.2, 0) is 0 Å². The zero-order valence-electron chi connectivity index (χ0n) is 10.8. The lowest BCUT2D eigenvalue weighted by Gasteiger charge is -2.19. The second-order valence-corrected chi connectivity index (χ2v) is 3.93. The number of hydrogen-bond acceptors (Lipinski definition) is 6. The zero-order chi connectivity index (χ0) is 13.7. The van der Waals surface area contributed by atoms with Gasteiger partial charge in [0.05, 0.1) is 6.07 Å². The lowest BCUT2D eigenvalue weighted by atomic mass is 10.3. The summed E-state index contributed by atoms with van der Waals surface area (Å²) in [5, 5.41) is 11.5. The number of pyridine rings is 1. The van der Waals surface area contributed by atoms with Gasteiger partial charge in [0.25, 0.3) is 0 Å². The predicted octanol–water partition coefficient (Wildman–Crippen LogP) is 1.88. The highest BCUT2D eigenvalue weighted by atomic mass is 15.2. The van der Waals surface area contributed by atoms with Gasteiger partial charge in [-0.05, 0) is 19.1 Å². The second-order valence-electron chi connectivity index (χ2n) is 3.93. The third-order valence-electron chi connectivity index (χ3n) is 2.57. The molecule has 0 atom stereocenters. The summed E-state index contributed by atoms with van der Waals surface area (Å²) in [5.41, 5.74) is 0.985. The Kier molecular flexibility index (Phi) is 3.88. The number of nitrogens with one attached hydrogen (secondary N) is 1. The summed E-state index contributed by atoms with van der Waals surface area (Å²) in [7, 11) is 1.92. The molecule has 6 heteroatoms. The standard InChI is InChI=1S/C13H14N6/c1-10-17-12(16-8-5-14)9-13(18-10)19(2)11-3-6-15-7-4-11/h3-4,6-7,9H,8H2,1-2H3,(H,16,17,18). The highest BCUT2D eigenvalue weighted by molar-refractivity contribution is 5.61. The summed E-state index contributed by atoms with van der Waals surface area (Å²) >= 11 is 0. The Morgan fingerprint density at radius 3 is 2.74 bits per heavy atom. The monoisotopic (exact) mass is 254 g/mol. The highest BCUT2D eigenvalue weighted by Crippen LogP contribution is 2.22. The normalized spacial score (nSPS) is 9.74. The molecule has 0 amide bonds. The fourth-order valence-electron chi connectivity index (χ4n) is 1.64. The summed E-state index contributed by atoms with van der Waals surface area (Å²) in [4.78, 5) is 14.6. The van der Waals surface area contributed by atoms with Crippen LogP contribution < -0.4 is 10.2 Å². The van der Waals surface area contributed by atoms with Gasteiger partial charge in [0.1, 0.15) is 24.0 Å². The van der Waals surface area contributed by atoms with Gasteiger partial charge in [0, 0.05) is 31.2 Å². The Hall–Kier alpha value is -2.68. The molecular weight excluding hydrogens is 240 g/mol. The van der Waals surface area contributed by atoms with E-state index in [2.05, 4.69) is 20.3 Å². The van der Waals surface area contributed by atoms with Gasteiger partial charge in [-0.15, -0.1) is 0 Å². The number of nitriles is 1. The van der Waals surface area contributed by atoms with E-state index in [1.54, 1.807) is 12.4 Å². The molecule has 2 rings (SSSR count). The van der Waals surface area contributed by atoms with Gasteiger partial charge >= 0.3 is 0 Å². The molecule has 0 aromatic carbocycles. The summed E-state index contributed by atoms with van der Waals surface area (Å²) in [6.07, 6.45) is 3.46. The lowest BCUT2D eigenvalue weighted by Crippen LogP contribution is -2.13. The molecule has 0 aliphatic heterocycles. The molecule has 2 heterocycles. The first-order chi connectivity index (χ1) is 9.20. The van der Waals surface area contributed by atoms with Crippen molar-refractivity contribution in [2.75, 3.05) is 23.8 Å². The van der Waals surface area contributed by atoms with E-state index in [9.17, 15) is 0 Å². The number of anilines is 3. The number of aromatic nitrogens is 3. The average Bonchev–Trinajstić information content (AvgIpc) is 2.44. The van der Waals surface area contributed by atoms with E-state index in [-0.39, 0.29) is 6.54 Å². The highest BCUT2D eigenvalue weighted by Gasteiger charge is 2.08. The molecule has 0 aliphatic carbocycles. The van der Waals surface area contributed by atoms with Gasteiger partial charge in [0.2, 0.25) is 0 Å². The molecule has 0 unspecified atom stereocenters. The fourth-order valence-corrected chi connectivity index (χ4v) is 1.64. The third kappa shape index (κ3) is 3.16. The Labute approximate surface area is 111 Å². The van der Waals surface area contributed by atoms with E-state index >= 15 is 0 Å². The van der Waals surface area contributed by atoms with Gasteiger partial charge in [0.15, 0.2) is 0 Å². The summed E-state index contributed by atoms with van der Waals surface area (Å²) in [6, 6.07) is 7.64. The van der Waals surface area contributed by atoms with E-state index in [1.165, 1.54) is 0 Å². The van der Waals surface area contributed by atoms with Crippen LogP contribution in [0.2, 0.25) is 0 Å². The van der Waals surface area contributed by atoms with Crippen LogP contribution in [-0.4, -0.2) is 28.5 Å². The van der Waals surface area contributed by atoms with Crippen LogP contribution in [0.4, 0.5) is 17.3 Å². The Balaban J connectivity index is 2.29. The largest absolute Gasteiger partial charge is 0.357 e. The van der Waals surface area contributed by atoms with Crippen molar-refractivity contribution in [1.29, 1.82) is 5.26 Å². The van der Waals surface area contributed by atoms with Crippen molar-refractivity contribution in [3.8, 4) is 6.07 Å². The van der Waals surface area contributed by atoms with Crippen LogP contribution in [0.15, 0.2) is 30.6 Å². The molecule has 0 spiro atoms. The van der Waals surface area contributed by atoms with Crippen molar-refractivity contribution in [2.45, 2.75) is 6.92 Å². The molecule has 19 heavy (non-hydrogen) atoms. The summed E-state index contributed by atoms with van der Waals surface area (Å²) in [6.45, 7) is 2.04. The van der Waals surface area contributed by atoms with E-state index in [0.717, 1.165) is 11.5 Å². The quantitative estimate of drug-likeness (QED) is 0.839. The minimum Gasteiger partial charge on any atom is -0.357 e. The third-order valence-corrected chi connectivity index (χ3v) is 2.57. The van der Waals surface area contributed by atoms with E-state index in [0.29, 0.717) is 11.6 Å². The van der Waals surface area contributed by atoms with Crippen molar-refractivity contribution < 1.29 is 0 Å². The lowest BCUT2D eigenvalue weighted by molar-refractivity contribution is 1.01. The van der Waals surface area contributed by atoms with Crippen LogP contribution in [0.5, 0.6) is 0 Å². The Bertz CT molecular complexity index is 590. The molecule has 0 aliphatic rings. The molecule has 2 aromatic rings. The van der Waals surface area contributed by atoms with Crippen LogP contribution in [0.3, 0.4) is 0 Å². The van der Waals surface area contributed by atoms with Gasteiger partial charge in [-0.2, -0.15) is 5.26 Å². The first-order valence-electron chi connectivity index (χ1n) is 5.81. The minimum absolute atomic E-state index is 0.217. The van der Waals surface area contributed by atoms with Crippen LogP contribution in [0.25, 0.3) is 0 Å². The van der Waals surface area contributed by atoms with E-state index in [4.69, 9.17) is 5.26 Å². The minimum atomic E-state index is 0.217. The van der Waals surface area contributed by atoms with Crippen LogP contribution >= 0.6 is 0 Å². The second kappa shape index (κ2) is 5.78. The number of hydrogen-bond donors (Lipinski definition) is 1. The predicted molar refractivity (Wildman–Crippen MR) is 73.2 cm³/mol. The van der Waals surface area contributed by atoms with Crippen LogP contribution in [0, 0.1) is 18.3 Å². The Morgan fingerprint density at radius 1 is 1.32 bits per heavy atom. The molecular formula is C13H14N6. The van der Waals surface area contributed by atoms with Gasteiger partial charge in [-0.1, -0.05) is 0 Å². The Morgan fingerprint density at radius 2 is 2.05 bits per heavy atom. The molecule has 6 nitrogen and oxygen atoms in total. The number of aryl methyl sites for hydroxylation is 1. The molecule has 0 bridgehead atoms. The first-order valence-corrected chi connectivity index (χ1v) is 5.81. The van der Waals surface area contributed by atoms with Gasteiger partial charge in [-0.25, -0.2) is 9.97 Å². The van der Waals surface area contributed by atoms with Crippen molar-refractivity contribution in [3.63, 3.8) is 0 Å². The number of nitrogens with zero attached hydrogens (tertiary/aromatic N) is 5. The van der Waals surface area contributed by atoms with Gasteiger partial charge in [-0.3, -0.25) is 4.98 Å². The number of rotatable bonds is 4. The van der Waals surface area contributed by atoms with Gasteiger partial charge < -0.3 is 10.2 Å². The zero-order valence-corrected chi connectivity index (χ0v) is 10.8. The smallest absolute Gasteiger partial charge is 0.138 e. The SMILES string of the molecule is Cc1nc(NCC#N)cc(N(C)c2ccncc2)n1. The molecule has 0 saturated carbocycles. The van der Waals surface area contributed by atoms with Crippen LogP contribution in [0.1, 0.15) is 5.82 Å². The van der Waals surface area contributed by atoms with E-state index < -0.39 is 0 Å². The molecule has 0 saturated heterocycles. The summed E-state index contributed by atoms with van der Waals surface area (Å²) < 4.78 is 0. The fraction of sp³-hybridized carbons (Fsp3) is 0.231. The molecule has 1 N–H and O–H groups in total. The maximum Gasteiger partial charge on any atom is 0.138 e. The molecule has 0 fully saturated rings. The first kappa shape index (κ1) is 12.8. The maximum atomic E-state index is 8.58. The van der Waals surface area contributed by atoms with Crippen molar-refractivity contribution >= 4 is 17.3 Å². The van der Waals surface area contributed by atoms with Crippen molar-refractivity contribution in [3.05, 3.63) is 36.4 Å². The molecule has 96 valence electrons. The molecule has 0 radical (unpaired) electrons. The molecule has 2 aromatic heterocycles.